The van der Waals surface area contributed by atoms with Gasteiger partial charge in [-0.25, -0.2) is 0 Å². The van der Waals surface area contributed by atoms with Crippen LogP contribution >= 0.6 is 0 Å². The van der Waals surface area contributed by atoms with Gasteiger partial charge in [-0.3, -0.25) is 0 Å². The first-order chi connectivity index (χ1) is 21.8. The number of hydrogen-bond donors (Lipinski definition) is 0. The average Bonchev–Trinajstić information content (AvgIpc) is 3.49. The summed E-state index contributed by atoms with van der Waals surface area (Å²) in [5.74, 6) is 0. The minimum Gasteiger partial charge on any atom is -0.456 e. The lowest BCUT2D eigenvalue weighted by Crippen LogP contribution is -2.11. The van der Waals surface area contributed by atoms with Gasteiger partial charge in [0.2, 0.25) is 0 Å². The number of hydrogen-bond acceptors (Lipinski definition) is 2. The molecule has 208 valence electrons. The molecule has 44 heavy (non-hydrogen) atoms. The Morgan fingerprint density at radius 1 is 0.364 bits per heavy atom. The minimum atomic E-state index is 0.878. The molecule has 1 aromatic heterocycles. The van der Waals surface area contributed by atoms with E-state index in [4.69, 9.17) is 4.42 Å². The zero-order valence-electron chi connectivity index (χ0n) is 24.1. The Hall–Kier alpha value is -5.86. The molecule has 0 aliphatic heterocycles. The molecule has 1 heterocycles. The number of benzene rings is 7. The van der Waals surface area contributed by atoms with E-state index < -0.39 is 0 Å². The van der Waals surface area contributed by atoms with E-state index in [1.807, 2.05) is 6.07 Å². The number of furan rings is 1. The van der Waals surface area contributed by atoms with Gasteiger partial charge in [-0.1, -0.05) is 133 Å². The molecule has 0 amide bonds. The summed E-state index contributed by atoms with van der Waals surface area (Å²) < 4.78 is 6.41. The highest BCUT2D eigenvalue weighted by molar-refractivity contribution is 6.16. The van der Waals surface area contributed by atoms with Crippen molar-refractivity contribution in [2.24, 2.45) is 0 Å². The van der Waals surface area contributed by atoms with Crippen LogP contribution in [0, 0.1) is 0 Å². The summed E-state index contributed by atoms with van der Waals surface area (Å²) in [6.45, 7) is 0. The van der Waals surface area contributed by atoms with E-state index in [2.05, 4.69) is 175 Å². The van der Waals surface area contributed by atoms with Crippen molar-refractivity contribution in [3.63, 3.8) is 0 Å². The Labute approximate surface area is 257 Å². The Bertz CT molecular complexity index is 2200. The molecule has 0 bridgehead atoms. The van der Waals surface area contributed by atoms with Crippen LogP contribution in [0.3, 0.4) is 0 Å². The standard InChI is InChI=1S/C42H29NO/c1-4-13-30(14-5-1)32-23-25-33(26-24-32)41-38(27-28-40-42(41)37-21-10-11-22-39(37)44-40)43(35-18-8-3-9-19-35)36-20-12-17-34(29-36)31-15-6-2-7-16-31/h1-29H. The summed E-state index contributed by atoms with van der Waals surface area (Å²) in [6, 6.07) is 62.1. The number of rotatable bonds is 6. The Morgan fingerprint density at radius 3 is 1.64 bits per heavy atom. The van der Waals surface area contributed by atoms with E-state index in [-0.39, 0.29) is 0 Å². The highest BCUT2D eigenvalue weighted by Gasteiger charge is 2.22. The van der Waals surface area contributed by atoms with Crippen molar-refractivity contribution < 1.29 is 4.42 Å². The summed E-state index contributed by atoms with van der Waals surface area (Å²) in [6.07, 6.45) is 0. The molecule has 0 unspecified atom stereocenters. The van der Waals surface area contributed by atoms with E-state index in [0.717, 1.165) is 50.1 Å². The highest BCUT2D eigenvalue weighted by atomic mass is 16.3. The number of fused-ring (bicyclic) bond motifs is 3. The third-order valence-electron chi connectivity index (χ3n) is 8.27. The van der Waals surface area contributed by atoms with Crippen molar-refractivity contribution in [3.05, 3.63) is 176 Å². The maximum Gasteiger partial charge on any atom is 0.136 e. The largest absolute Gasteiger partial charge is 0.456 e. The van der Waals surface area contributed by atoms with Crippen LogP contribution in [0.25, 0.3) is 55.3 Å². The number of nitrogens with zero attached hydrogens (tertiary/aromatic N) is 1. The Morgan fingerprint density at radius 2 is 0.909 bits per heavy atom. The van der Waals surface area contributed by atoms with Gasteiger partial charge in [0.15, 0.2) is 0 Å². The lowest BCUT2D eigenvalue weighted by molar-refractivity contribution is 0.669. The topological polar surface area (TPSA) is 16.4 Å². The van der Waals surface area contributed by atoms with Crippen LogP contribution in [0.15, 0.2) is 180 Å². The van der Waals surface area contributed by atoms with Crippen LogP contribution in [0.4, 0.5) is 17.1 Å². The molecule has 0 radical (unpaired) electrons. The van der Waals surface area contributed by atoms with Crippen molar-refractivity contribution in [3.8, 4) is 33.4 Å². The first-order valence-electron chi connectivity index (χ1n) is 14.9. The molecule has 0 aliphatic rings. The number of anilines is 3. The van der Waals surface area contributed by atoms with Gasteiger partial charge in [0, 0.05) is 27.7 Å². The van der Waals surface area contributed by atoms with E-state index in [1.165, 1.54) is 22.3 Å². The summed E-state index contributed by atoms with van der Waals surface area (Å²) >= 11 is 0. The highest BCUT2D eigenvalue weighted by Crippen LogP contribution is 2.47. The summed E-state index contributed by atoms with van der Waals surface area (Å²) in [5, 5.41) is 2.23. The lowest BCUT2D eigenvalue weighted by Gasteiger charge is -2.28. The molecule has 8 aromatic rings. The van der Waals surface area contributed by atoms with Crippen molar-refractivity contribution in [2.45, 2.75) is 0 Å². The first kappa shape index (κ1) is 25.8. The molecule has 0 fully saturated rings. The van der Waals surface area contributed by atoms with Gasteiger partial charge in [-0.05, 0) is 70.3 Å². The van der Waals surface area contributed by atoms with Crippen molar-refractivity contribution in [1.29, 1.82) is 0 Å². The monoisotopic (exact) mass is 563 g/mol. The number of para-hydroxylation sites is 2. The molecule has 0 spiro atoms. The predicted molar refractivity (Wildman–Crippen MR) is 185 cm³/mol. The fraction of sp³-hybridized carbons (Fsp3) is 0. The minimum absolute atomic E-state index is 0.878. The quantitative estimate of drug-likeness (QED) is 0.200. The van der Waals surface area contributed by atoms with Crippen LogP contribution in [-0.4, -0.2) is 0 Å². The van der Waals surface area contributed by atoms with Gasteiger partial charge in [0.05, 0.1) is 5.69 Å². The molecule has 0 saturated heterocycles. The van der Waals surface area contributed by atoms with Gasteiger partial charge in [0.1, 0.15) is 11.2 Å². The smallest absolute Gasteiger partial charge is 0.136 e. The van der Waals surface area contributed by atoms with E-state index in [0.29, 0.717) is 0 Å². The SMILES string of the molecule is c1ccc(-c2ccc(-c3c(N(c4ccccc4)c4cccc(-c5ccccc5)c4)ccc4oc5ccccc5c34)cc2)cc1. The van der Waals surface area contributed by atoms with Gasteiger partial charge < -0.3 is 9.32 Å². The normalized spacial score (nSPS) is 11.2. The average molecular weight is 564 g/mol. The van der Waals surface area contributed by atoms with Gasteiger partial charge in [0.25, 0.3) is 0 Å². The fourth-order valence-corrected chi connectivity index (χ4v) is 6.20. The molecular formula is C42H29NO. The molecular weight excluding hydrogens is 534 g/mol. The zero-order valence-corrected chi connectivity index (χ0v) is 24.1. The lowest BCUT2D eigenvalue weighted by atomic mass is 9.94. The van der Waals surface area contributed by atoms with E-state index in [1.54, 1.807) is 0 Å². The molecule has 0 aliphatic carbocycles. The van der Waals surface area contributed by atoms with Crippen molar-refractivity contribution in [2.75, 3.05) is 4.90 Å². The van der Waals surface area contributed by atoms with Crippen LogP contribution in [0.1, 0.15) is 0 Å². The summed E-state index contributed by atoms with van der Waals surface area (Å²) in [7, 11) is 0. The summed E-state index contributed by atoms with van der Waals surface area (Å²) in [5.41, 5.74) is 12.1. The summed E-state index contributed by atoms with van der Waals surface area (Å²) in [4.78, 5) is 2.37. The molecule has 0 N–H and O–H groups in total. The third-order valence-corrected chi connectivity index (χ3v) is 8.27. The molecule has 0 saturated carbocycles. The second-order valence-corrected chi connectivity index (χ2v) is 11.0. The predicted octanol–water partition coefficient (Wildman–Crippen LogP) is 12.1. The Balaban J connectivity index is 1.39. The maximum absolute atomic E-state index is 6.41. The zero-order chi connectivity index (χ0) is 29.3. The van der Waals surface area contributed by atoms with Crippen LogP contribution in [0.5, 0.6) is 0 Å². The molecule has 2 nitrogen and oxygen atoms in total. The van der Waals surface area contributed by atoms with Crippen LogP contribution < -0.4 is 4.90 Å². The first-order valence-corrected chi connectivity index (χ1v) is 14.9. The second kappa shape index (κ2) is 11.1. The second-order valence-electron chi connectivity index (χ2n) is 11.0. The maximum atomic E-state index is 6.41. The fourth-order valence-electron chi connectivity index (χ4n) is 6.20. The van der Waals surface area contributed by atoms with Crippen molar-refractivity contribution in [1.82, 2.24) is 0 Å². The molecule has 8 rings (SSSR count). The molecule has 2 heteroatoms. The van der Waals surface area contributed by atoms with Crippen LogP contribution in [0.2, 0.25) is 0 Å². The van der Waals surface area contributed by atoms with Gasteiger partial charge >= 0.3 is 0 Å². The molecule has 0 atom stereocenters. The van der Waals surface area contributed by atoms with E-state index in [9.17, 15) is 0 Å². The van der Waals surface area contributed by atoms with E-state index >= 15 is 0 Å². The van der Waals surface area contributed by atoms with Crippen LogP contribution in [-0.2, 0) is 0 Å². The van der Waals surface area contributed by atoms with Gasteiger partial charge in [-0.15, -0.1) is 0 Å². The Kier molecular flexibility index (Phi) is 6.51. The van der Waals surface area contributed by atoms with Crippen molar-refractivity contribution >= 4 is 39.0 Å². The third kappa shape index (κ3) is 4.63. The van der Waals surface area contributed by atoms with Gasteiger partial charge in [-0.2, -0.15) is 0 Å². The molecule has 7 aromatic carbocycles.